The van der Waals surface area contributed by atoms with Crippen LogP contribution in [-0.2, 0) is 6.54 Å². The maximum absolute atomic E-state index is 13.2. The molecular formula is C19H16Cl2FN3O2. The molecule has 140 valence electrons. The van der Waals surface area contributed by atoms with Gasteiger partial charge in [0.25, 0.3) is 5.91 Å². The second kappa shape index (κ2) is 8.41. The van der Waals surface area contributed by atoms with Crippen LogP contribution in [0.4, 0.5) is 4.39 Å². The highest BCUT2D eigenvalue weighted by Crippen LogP contribution is 2.31. The summed E-state index contributed by atoms with van der Waals surface area (Å²) in [7, 11) is 0. The van der Waals surface area contributed by atoms with Gasteiger partial charge in [-0.15, -0.1) is 0 Å². The first-order chi connectivity index (χ1) is 13.0. The number of hydrogen-bond donors (Lipinski definition) is 2. The number of H-pyrrole nitrogens is 1. The van der Waals surface area contributed by atoms with Gasteiger partial charge in [0.1, 0.15) is 11.6 Å². The van der Waals surface area contributed by atoms with Crippen molar-refractivity contribution in [3.05, 3.63) is 69.6 Å². The molecule has 1 heterocycles. The highest BCUT2D eigenvalue weighted by atomic mass is 35.5. The Morgan fingerprint density at radius 1 is 1.22 bits per heavy atom. The van der Waals surface area contributed by atoms with Crippen LogP contribution >= 0.6 is 23.2 Å². The minimum atomic E-state index is -0.503. The standard InChI is InChI=1S/C19H16Cl2FN3O2/c1-2-27-17-6-4-12(8-15(17)21)18-13(10-24-25-18)19(26)23-9-11-3-5-16(22)14(20)7-11/h3-8,10H,2,9H2,1H3,(H,23,26)(H,24,25). The summed E-state index contributed by atoms with van der Waals surface area (Å²) >= 11 is 12.0. The Bertz CT molecular complexity index is 975. The van der Waals surface area contributed by atoms with Gasteiger partial charge in [-0.05, 0) is 42.8 Å². The molecule has 0 aliphatic carbocycles. The highest BCUT2D eigenvalue weighted by molar-refractivity contribution is 6.32. The van der Waals surface area contributed by atoms with Crippen molar-refractivity contribution in [3.8, 4) is 17.0 Å². The summed E-state index contributed by atoms with van der Waals surface area (Å²) in [6.07, 6.45) is 1.44. The molecule has 1 aromatic heterocycles. The van der Waals surface area contributed by atoms with Crippen LogP contribution < -0.4 is 10.1 Å². The number of benzene rings is 2. The Balaban J connectivity index is 1.76. The van der Waals surface area contributed by atoms with E-state index >= 15 is 0 Å². The third-order valence-electron chi connectivity index (χ3n) is 3.84. The van der Waals surface area contributed by atoms with Crippen LogP contribution in [0.15, 0.2) is 42.6 Å². The Hall–Kier alpha value is -2.57. The zero-order valence-corrected chi connectivity index (χ0v) is 15.9. The van der Waals surface area contributed by atoms with Crippen LogP contribution in [0.2, 0.25) is 10.0 Å². The second-order valence-electron chi connectivity index (χ2n) is 5.67. The van der Waals surface area contributed by atoms with Gasteiger partial charge >= 0.3 is 0 Å². The summed E-state index contributed by atoms with van der Waals surface area (Å²) in [4.78, 5) is 12.5. The van der Waals surface area contributed by atoms with Crippen molar-refractivity contribution in [2.45, 2.75) is 13.5 Å². The first kappa shape index (κ1) is 19.2. The maximum atomic E-state index is 13.2. The number of carbonyl (C=O) groups is 1. The molecule has 2 aromatic carbocycles. The first-order valence-electron chi connectivity index (χ1n) is 8.17. The molecule has 8 heteroatoms. The lowest BCUT2D eigenvalue weighted by Crippen LogP contribution is -2.23. The molecule has 0 saturated carbocycles. The molecule has 3 rings (SSSR count). The van der Waals surface area contributed by atoms with Crippen molar-refractivity contribution in [2.75, 3.05) is 6.61 Å². The number of aromatic nitrogens is 2. The summed E-state index contributed by atoms with van der Waals surface area (Å²) in [5, 5.41) is 9.99. The van der Waals surface area contributed by atoms with Crippen molar-refractivity contribution in [2.24, 2.45) is 0 Å². The number of ether oxygens (including phenoxy) is 1. The quantitative estimate of drug-likeness (QED) is 0.613. The summed E-state index contributed by atoms with van der Waals surface area (Å²) in [5.41, 5.74) is 2.29. The number of hydrogen-bond acceptors (Lipinski definition) is 3. The predicted molar refractivity (Wildman–Crippen MR) is 103 cm³/mol. The molecule has 1 amide bonds. The Labute approximate surface area is 165 Å². The molecular weight excluding hydrogens is 392 g/mol. The van der Waals surface area contributed by atoms with E-state index < -0.39 is 5.82 Å². The average Bonchev–Trinajstić information content (AvgIpc) is 3.14. The van der Waals surface area contributed by atoms with Gasteiger partial charge in [0.05, 0.1) is 34.1 Å². The Kier molecular flexibility index (Phi) is 5.98. The largest absolute Gasteiger partial charge is 0.492 e. The van der Waals surface area contributed by atoms with Crippen molar-refractivity contribution in [1.82, 2.24) is 15.5 Å². The van der Waals surface area contributed by atoms with Gasteiger partial charge < -0.3 is 10.1 Å². The third-order valence-corrected chi connectivity index (χ3v) is 4.43. The van der Waals surface area contributed by atoms with Crippen LogP contribution in [0.1, 0.15) is 22.8 Å². The predicted octanol–water partition coefficient (Wildman–Crippen LogP) is 4.85. The Morgan fingerprint density at radius 2 is 2.04 bits per heavy atom. The van der Waals surface area contributed by atoms with Crippen LogP contribution in [0.25, 0.3) is 11.3 Å². The topological polar surface area (TPSA) is 67.0 Å². The van der Waals surface area contributed by atoms with Gasteiger partial charge in [-0.25, -0.2) is 4.39 Å². The summed E-state index contributed by atoms with van der Waals surface area (Å²) in [6.45, 7) is 2.58. The van der Waals surface area contributed by atoms with E-state index in [1.165, 1.54) is 18.3 Å². The van der Waals surface area contributed by atoms with E-state index in [-0.39, 0.29) is 17.5 Å². The molecule has 27 heavy (non-hydrogen) atoms. The fourth-order valence-corrected chi connectivity index (χ4v) is 2.97. The van der Waals surface area contributed by atoms with Crippen molar-refractivity contribution >= 4 is 29.1 Å². The zero-order valence-electron chi connectivity index (χ0n) is 14.4. The van der Waals surface area contributed by atoms with Gasteiger partial charge in [-0.2, -0.15) is 5.10 Å². The SMILES string of the molecule is CCOc1ccc(-c2[nH]ncc2C(=O)NCc2ccc(F)c(Cl)c2)cc1Cl. The van der Waals surface area contributed by atoms with Crippen LogP contribution in [0, 0.1) is 5.82 Å². The number of aromatic amines is 1. The molecule has 0 aliphatic heterocycles. The minimum absolute atomic E-state index is 0.00905. The molecule has 0 saturated heterocycles. The Morgan fingerprint density at radius 3 is 2.74 bits per heavy atom. The molecule has 5 nitrogen and oxygen atoms in total. The summed E-state index contributed by atoms with van der Waals surface area (Å²) in [6, 6.07) is 9.53. The van der Waals surface area contributed by atoms with E-state index in [9.17, 15) is 9.18 Å². The normalized spacial score (nSPS) is 10.7. The van der Waals surface area contributed by atoms with E-state index in [0.717, 1.165) is 0 Å². The number of halogens is 3. The lowest BCUT2D eigenvalue weighted by atomic mass is 10.1. The van der Waals surface area contributed by atoms with Crippen molar-refractivity contribution in [3.63, 3.8) is 0 Å². The van der Waals surface area contributed by atoms with Crippen LogP contribution in [0.3, 0.4) is 0 Å². The average molecular weight is 408 g/mol. The fourth-order valence-electron chi connectivity index (χ4n) is 2.53. The fraction of sp³-hybridized carbons (Fsp3) is 0.158. The molecule has 3 aromatic rings. The van der Waals surface area contributed by atoms with E-state index in [0.29, 0.717) is 39.8 Å². The first-order valence-corrected chi connectivity index (χ1v) is 8.93. The van der Waals surface area contributed by atoms with Gasteiger partial charge in [-0.1, -0.05) is 29.3 Å². The molecule has 0 atom stereocenters. The lowest BCUT2D eigenvalue weighted by Gasteiger charge is -2.09. The van der Waals surface area contributed by atoms with E-state index in [1.54, 1.807) is 24.3 Å². The van der Waals surface area contributed by atoms with Crippen molar-refractivity contribution < 1.29 is 13.9 Å². The lowest BCUT2D eigenvalue weighted by molar-refractivity contribution is 0.0951. The number of nitrogens with zero attached hydrogens (tertiary/aromatic N) is 1. The number of rotatable bonds is 6. The summed E-state index contributed by atoms with van der Waals surface area (Å²) < 4.78 is 18.6. The molecule has 0 spiro atoms. The minimum Gasteiger partial charge on any atom is -0.492 e. The number of carbonyl (C=O) groups excluding carboxylic acids is 1. The monoisotopic (exact) mass is 407 g/mol. The van der Waals surface area contributed by atoms with Gasteiger partial charge in [0, 0.05) is 12.1 Å². The highest BCUT2D eigenvalue weighted by Gasteiger charge is 2.16. The molecule has 0 unspecified atom stereocenters. The van der Waals surface area contributed by atoms with Gasteiger partial charge in [0.15, 0.2) is 0 Å². The zero-order chi connectivity index (χ0) is 19.4. The number of amides is 1. The third kappa shape index (κ3) is 4.40. The second-order valence-corrected chi connectivity index (χ2v) is 6.48. The molecule has 0 fully saturated rings. The number of nitrogens with one attached hydrogen (secondary N) is 2. The van der Waals surface area contributed by atoms with Gasteiger partial charge in [0.2, 0.25) is 0 Å². The van der Waals surface area contributed by atoms with Crippen LogP contribution in [0.5, 0.6) is 5.75 Å². The van der Waals surface area contributed by atoms with E-state index in [2.05, 4.69) is 15.5 Å². The molecule has 0 aliphatic rings. The smallest absolute Gasteiger partial charge is 0.255 e. The van der Waals surface area contributed by atoms with Crippen LogP contribution in [-0.4, -0.2) is 22.7 Å². The van der Waals surface area contributed by atoms with E-state index in [4.69, 9.17) is 27.9 Å². The molecule has 0 bridgehead atoms. The summed E-state index contributed by atoms with van der Waals surface area (Å²) in [5.74, 6) is -0.262. The van der Waals surface area contributed by atoms with Gasteiger partial charge in [-0.3, -0.25) is 9.89 Å². The maximum Gasteiger partial charge on any atom is 0.255 e. The van der Waals surface area contributed by atoms with Crippen molar-refractivity contribution in [1.29, 1.82) is 0 Å². The van der Waals surface area contributed by atoms with E-state index in [1.807, 2.05) is 6.92 Å². The molecule has 0 radical (unpaired) electrons. The molecule has 2 N–H and O–H groups in total.